The predicted octanol–water partition coefficient (Wildman–Crippen LogP) is 2.96. The summed E-state index contributed by atoms with van der Waals surface area (Å²) < 4.78 is 39.7. The molecule has 8 heteroatoms. The SMILES string of the molecule is CC(C)S(=O)(=O)NC1CCC(c2nc(-c3ccc(F)cc3)n[nH]2)CC1. The Balaban J connectivity index is 1.61. The monoisotopic (exact) mass is 366 g/mol. The van der Waals surface area contributed by atoms with E-state index in [0.717, 1.165) is 37.1 Å². The van der Waals surface area contributed by atoms with Crippen LogP contribution in [0.15, 0.2) is 24.3 Å². The molecule has 1 aliphatic carbocycles. The molecule has 1 saturated carbocycles. The van der Waals surface area contributed by atoms with Gasteiger partial charge in [0.15, 0.2) is 5.82 Å². The summed E-state index contributed by atoms with van der Waals surface area (Å²) in [5.41, 5.74) is 0.766. The van der Waals surface area contributed by atoms with Crippen LogP contribution in [0.1, 0.15) is 51.3 Å². The van der Waals surface area contributed by atoms with Crippen LogP contribution in [0.25, 0.3) is 11.4 Å². The predicted molar refractivity (Wildman–Crippen MR) is 94.0 cm³/mol. The molecule has 0 atom stereocenters. The molecule has 0 saturated heterocycles. The molecular formula is C17H23FN4O2S. The van der Waals surface area contributed by atoms with Gasteiger partial charge in [0.05, 0.1) is 5.25 Å². The molecule has 1 aliphatic rings. The zero-order chi connectivity index (χ0) is 18.0. The second-order valence-electron chi connectivity index (χ2n) is 6.81. The van der Waals surface area contributed by atoms with Crippen LogP contribution >= 0.6 is 0 Å². The topological polar surface area (TPSA) is 87.7 Å². The second-order valence-corrected chi connectivity index (χ2v) is 9.08. The molecule has 0 aliphatic heterocycles. The summed E-state index contributed by atoms with van der Waals surface area (Å²) >= 11 is 0. The molecule has 0 amide bonds. The molecule has 0 radical (unpaired) electrons. The van der Waals surface area contributed by atoms with Crippen molar-refractivity contribution in [3.05, 3.63) is 35.9 Å². The van der Waals surface area contributed by atoms with E-state index in [1.54, 1.807) is 26.0 Å². The normalized spacial score (nSPS) is 21.6. The summed E-state index contributed by atoms with van der Waals surface area (Å²) in [7, 11) is -3.23. The Morgan fingerprint density at radius 3 is 2.40 bits per heavy atom. The molecule has 1 aromatic heterocycles. The highest BCUT2D eigenvalue weighted by molar-refractivity contribution is 7.90. The van der Waals surface area contributed by atoms with Gasteiger partial charge in [-0.2, -0.15) is 5.10 Å². The molecule has 0 spiro atoms. The number of aromatic amines is 1. The number of rotatable bonds is 5. The lowest BCUT2D eigenvalue weighted by atomic mass is 9.86. The maximum atomic E-state index is 13.0. The molecule has 6 nitrogen and oxygen atoms in total. The van der Waals surface area contributed by atoms with Gasteiger partial charge >= 0.3 is 0 Å². The van der Waals surface area contributed by atoms with Crippen LogP contribution in [0.2, 0.25) is 0 Å². The standard InChI is InChI=1S/C17H23FN4O2S/c1-11(2)25(23,24)22-15-9-5-13(6-10-15)17-19-16(20-21-17)12-3-7-14(18)8-4-12/h3-4,7-8,11,13,15,22H,5-6,9-10H2,1-2H3,(H,19,20,21). The van der Waals surface area contributed by atoms with Gasteiger partial charge in [-0.3, -0.25) is 5.10 Å². The minimum atomic E-state index is -3.23. The first-order valence-corrected chi connectivity index (χ1v) is 10.1. The van der Waals surface area contributed by atoms with Gasteiger partial charge in [-0.25, -0.2) is 22.5 Å². The lowest BCUT2D eigenvalue weighted by Gasteiger charge is -2.28. The summed E-state index contributed by atoms with van der Waals surface area (Å²) in [4.78, 5) is 4.53. The largest absolute Gasteiger partial charge is 0.262 e. The van der Waals surface area contributed by atoms with Crippen molar-refractivity contribution in [1.29, 1.82) is 0 Å². The number of halogens is 1. The van der Waals surface area contributed by atoms with E-state index in [0.29, 0.717) is 5.82 Å². The first-order valence-electron chi connectivity index (χ1n) is 8.54. The third-order valence-electron chi connectivity index (χ3n) is 4.67. The molecule has 3 rings (SSSR count). The van der Waals surface area contributed by atoms with Gasteiger partial charge in [0.25, 0.3) is 0 Å². The van der Waals surface area contributed by atoms with E-state index in [1.165, 1.54) is 12.1 Å². The fraction of sp³-hybridized carbons (Fsp3) is 0.529. The second kappa shape index (κ2) is 7.21. The fourth-order valence-corrected chi connectivity index (χ4v) is 4.01. The van der Waals surface area contributed by atoms with Crippen LogP contribution in [0.4, 0.5) is 4.39 Å². The number of hydrogen-bond donors (Lipinski definition) is 2. The third kappa shape index (κ3) is 4.24. The van der Waals surface area contributed by atoms with Gasteiger partial charge in [-0.05, 0) is 63.8 Å². The Bertz CT molecular complexity index is 809. The first kappa shape index (κ1) is 18.0. The molecule has 2 aromatic rings. The van der Waals surface area contributed by atoms with Crippen molar-refractivity contribution in [3.8, 4) is 11.4 Å². The van der Waals surface area contributed by atoms with E-state index in [1.807, 2.05) is 0 Å². The van der Waals surface area contributed by atoms with Crippen molar-refractivity contribution in [1.82, 2.24) is 19.9 Å². The molecule has 136 valence electrons. The number of hydrogen-bond acceptors (Lipinski definition) is 4. The van der Waals surface area contributed by atoms with Crippen molar-refractivity contribution >= 4 is 10.0 Å². The molecule has 25 heavy (non-hydrogen) atoms. The summed E-state index contributed by atoms with van der Waals surface area (Å²) in [6.45, 7) is 3.36. The van der Waals surface area contributed by atoms with Crippen molar-refractivity contribution in [3.63, 3.8) is 0 Å². The average Bonchev–Trinajstić information content (AvgIpc) is 3.06. The molecule has 1 fully saturated rings. The van der Waals surface area contributed by atoms with Gasteiger partial charge in [0, 0.05) is 17.5 Å². The van der Waals surface area contributed by atoms with Gasteiger partial charge in [-0.1, -0.05) is 0 Å². The van der Waals surface area contributed by atoms with Crippen molar-refractivity contribution in [2.75, 3.05) is 0 Å². The van der Waals surface area contributed by atoms with Crippen molar-refractivity contribution in [2.45, 2.75) is 56.7 Å². The number of sulfonamides is 1. The van der Waals surface area contributed by atoms with Crippen LogP contribution in [0.5, 0.6) is 0 Å². The molecule has 1 aromatic carbocycles. The number of nitrogens with one attached hydrogen (secondary N) is 2. The van der Waals surface area contributed by atoms with E-state index in [2.05, 4.69) is 19.9 Å². The van der Waals surface area contributed by atoms with Crippen LogP contribution < -0.4 is 4.72 Å². The number of nitrogens with zero attached hydrogens (tertiary/aromatic N) is 2. The number of H-pyrrole nitrogens is 1. The van der Waals surface area contributed by atoms with Gasteiger partial charge in [-0.15, -0.1) is 0 Å². The van der Waals surface area contributed by atoms with Crippen LogP contribution in [0.3, 0.4) is 0 Å². The fourth-order valence-electron chi connectivity index (χ4n) is 3.04. The number of benzene rings is 1. The highest BCUT2D eigenvalue weighted by Gasteiger charge is 2.28. The van der Waals surface area contributed by atoms with Crippen LogP contribution in [0, 0.1) is 5.82 Å². The highest BCUT2D eigenvalue weighted by atomic mass is 32.2. The quantitative estimate of drug-likeness (QED) is 0.852. The Labute approximate surface area is 147 Å². The lowest BCUT2D eigenvalue weighted by Crippen LogP contribution is -2.40. The summed E-state index contributed by atoms with van der Waals surface area (Å²) in [6.07, 6.45) is 3.26. The molecule has 1 heterocycles. The molecular weight excluding hydrogens is 343 g/mol. The first-order chi connectivity index (χ1) is 11.8. The highest BCUT2D eigenvalue weighted by Crippen LogP contribution is 2.32. The molecule has 0 bridgehead atoms. The summed E-state index contributed by atoms with van der Waals surface area (Å²) in [5, 5.41) is 6.78. The zero-order valence-electron chi connectivity index (χ0n) is 14.4. The lowest BCUT2D eigenvalue weighted by molar-refractivity contribution is 0.365. The molecule has 2 N–H and O–H groups in total. The van der Waals surface area contributed by atoms with E-state index in [9.17, 15) is 12.8 Å². The van der Waals surface area contributed by atoms with Crippen LogP contribution in [-0.4, -0.2) is 34.9 Å². The van der Waals surface area contributed by atoms with E-state index in [4.69, 9.17) is 0 Å². The Hall–Kier alpha value is -1.80. The van der Waals surface area contributed by atoms with E-state index >= 15 is 0 Å². The maximum Gasteiger partial charge on any atom is 0.214 e. The number of aromatic nitrogens is 3. The van der Waals surface area contributed by atoms with Gasteiger partial charge in [0.2, 0.25) is 10.0 Å². The zero-order valence-corrected chi connectivity index (χ0v) is 15.2. The third-order valence-corrected chi connectivity index (χ3v) is 6.57. The Morgan fingerprint density at radius 2 is 1.80 bits per heavy atom. The molecule has 0 unspecified atom stereocenters. The van der Waals surface area contributed by atoms with Gasteiger partial charge < -0.3 is 0 Å². The van der Waals surface area contributed by atoms with Crippen molar-refractivity contribution in [2.24, 2.45) is 0 Å². The minimum absolute atomic E-state index is 0.0110. The summed E-state index contributed by atoms with van der Waals surface area (Å²) in [5.74, 6) is 1.31. The van der Waals surface area contributed by atoms with Gasteiger partial charge in [0.1, 0.15) is 11.6 Å². The maximum absolute atomic E-state index is 13.0. The smallest absolute Gasteiger partial charge is 0.214 e. The van der Waals surface area contributed by atoms with Crippen LogP contribution in [-0.2, 0) is 10.0 Å². The Kier molecular flexibility index (Phi) is 5.19. The average molecular weight is 366 g/mol. The van der Waals surface area contributed by atoms with E-state index in [-0.39, 0.29) is 17.8 Å². The van der Waals surface area contributed by atoms with Crippen molar-refractivity contribution < 1.29 is 12.8 Å². The minimum Gasteiger partial charge on any atom is -0.262 e. The Morgan fingerprint density at radius 1 is 1.16 bits per heavy atom. The summed E-state index contributed by atoms with van der Waals surface area (Å²) in [6, 6.07) is 6.07. The van der Waals surface area contributed by atoms with E-state index < -0.39 is 15.3 Å².